The zero-order valence-electron chi connectivity index (χ0n) is 16.3. The van der Waals surface area contributed by atoms with Crippen LogP contribution in [-0.2, 0) is 10.2 Å². The molecule has 0 atom stereocenters. The van der Waals surface area contributed by atoms with E-state index in [-0.39, 0.29) is 28.2 Å². The number of anilines is 1. The standard InChI is InChI=1S/C20H31NO3S/c1-12(2)21(18(22)14-9-7-13(3)8-10-14)15-11-16(20(4,5)6)25-17(15)19(23)24/h11-14H,7-10H2,1-6H3,(H,23,24)/t13-,14-. The van der Waals surface area contributed by atoms with Gasteiger partial charge >= 0.3 is 5.97 Å². The minimum Gasteiger partial charge on any atom is -0.477 e. The molecule has 0 radical (unpaired) electrons. The number of thiophene rings is 1. The number of nitrogens with zero attached hydrogens (tertiary/aromatic N) is 1. The first-order chi connectivity index (χ1) is 11.5. The van der Waals surface area contributed by atoms with Crippen LogP contribution in [0.4, 0.5) is 5.69 Å². The summed E-state index contributed by atoms with van der Waals surface area (Å²) >= 11 is 1.29. The van der Waals surface area contributed by atoms with Crippen LogP contribution in [-0.4, -0.2) is 23.0 Å². The summed E-state index contributed by atoms with van der Waals surface area (Å²) in [5.74, 6) is -0.174. The quantitative estimate of drug-likeness (QED) is 0.786. The predicted molar refractivity (Wildman–Crippen MR) is 104 cm³/mol. The van der Waals surface area contributed by atoms with E-state index in [2.05, 4.69) is 27.7 Å². The molecule has 0 saturated heterocycles. The van der Waals surface area contributed by atoms with Crippen LogP contribution in [0.2, 0.25) is 0 Å². The Bertz CT molecular complexity index is 634. The van der Waals surface area contributed by atoms with Gasteiger partial charge < -0.3 is 10.0 Å². The lowest BCUT2D eigenvalue weighted by Crippen LogP contribution is -2.42. The molecule has 140 valence electrons. The second-order valence-corrected chi connectivity index (χ2v) is 9.69. The Balaban J connectivity index is 2.41. The second kappa shape index (κ2) is 7.48. The van der Waals surface area contributed by atoms with Crippen molar-refractivity contribution in [1.82, 2.24) is 0 Å². The number of aromatic carboxylic acids is 1. The van der Waals surface area contributed by atoms with Crippen LogP contribution in [0.5, 0.6) is 0 Å². The average Bonchev–Trinajstić information content (AvgIpc) is 2.92. The molecule has 0 bridgehead atoms. The first-order valence-corrected chi connectivity index (χ1v) is 10.0. The van der Waals surface area contributed by atoms with E-state index in [0.717, 1.165) is 30.6 Å². The molecule has 1 aromatic rings. The summed E-state index contributed by atoms with van der Waals surface area (Å²) in [7, 11) is 0. The van der Waals surface area contributed by atoms with Crippen LogP contribution in [0.25, 0.3) is 0 Å². The van der Waals surface area contributed by atoms with Crippen molar-refractivity contribution in [3.8, 4) is 0 Å². The topological polar surface area (TPSA) is 57.6 Å². The molecule has 5 heteroatoms. The van der Waals surface area contributed by atoms with E-state index in [9.17, 15) is 14.7 Å². The largest absolute Gasteiger partial charge is 0.477 e. The second-order valence-electron chi connectivity index (χ2n) is 8.64. The third-order valence-corrected chi connectivity index (χ3v) is 6.56. The lowest BCUT2D eigenvalue weighted by molar-refractivity contribution is -0.123. The molecule has 1 N–H and O–H groups in total. The molecule has 0 unspecified atom stereocenters. The highest BCUT2D eigenvalue weighted by Gasteiger charge is 2.34. The summed E-state index contributed by atoms with van der Waals surface area (Å²) in [5.41, 5.74) is 0.431. The van der Waals surface area contributed by atoms with Gasteiger partial charge in [0.1, 0.15) is 4.88 Å². The molecular weight excluding hydrogens is 334 g/mol. The number of hydrogen-bond donors (Lipinski definition) is 1. The van der Waals surface area contributed by atoms with Crippen molar-refractivity contribution in [2.24, 2.45) is 11.8 Å². The smallest absolute Gasteiger partial charge is 0.348 e. The normalized spacial score (nSPS) is 21.4. The van der Waals surface area contributed by atoms with E-state index >= 15 is 0 Å². The summed E-state index contributed by atoms with van der Waals surface area (Å²) in [6.07, 6.45) is 3.96. The van der Waals surface area contributed by atoms with Gasteiger partial charge in [0.25, 0.3) is 0 Å². The molecule has 1 aromatic heterocycles. The third-order valence-electron chi connectivity index (χ3n) is 5.02. The fourth-order valence-corrected chi connectivity index (χ4v) is 4.48. The summed E-state index contributed by atoms with van der Waals surface area (Å²) < 4.78 is 0. The fraction of sp³-hybridized carbons (Fsp3) is 0.700. The van der Waals surface area contributed by atoms with E-state index in [1.807, 2.05) is 19.9 Å². The van der Waals surface area contributed by atoms with Gasteiger partial charge in [-0.05, 0) is 56.9 Å². The maximum atomic E-state index is 13.2. The maximum Gasteiger partial charge on any atom is 0.348 e. The molecule has 1 saturated carbocycles. The Labute approximate surface area is 155 Å². The average molecular weight is 366 g/mol. The fourth-order valence-electron chi connectivity index (χ4n) is 3.44. The minimum atomic E-state index is -0.953. The molecule has 0 aromatic carbocycles. The van der Waals surface area contributed by atoms with Crippen LogP contribution in [0.1, 0.15) is 81.8 Å². The van der Waals surface area contributed by atoms with Gasteiger partial charge in [-0.3, -0.25) is 4.79 Å². The molecule has 25 heavy (non-hydrogen) atoms. The van der Waals surface area contributed by atoms with Gasteiger partial charge in [-0.15, -0.1) is 11.3 Å². The number of carbonyl (C=O) groups is 2. The highest BCUT2D eigenvalue weighted by molar-refractivity contribution is 7.14. The van der Waals surface area contributed by atoms with E-state index in [1.54, 1.807) is 4.90 Å². The Hall–Kier alpha value is -1.36. The van der Waals surface area contributed by atoms with Gasteiger partial charge in [-0.2, -0.15) is 0 Å². The van der Waals surface area contributed by atoms with Crippen LogP contribution in [0, 0.1) is 11.8 Å². The minimum absolute atomic E-state index is 0.0123. The first-order valence-electron chi connectivity index (χ1n) is 9.23. The predicted octanol–water partition coefficient (Wildman–Crippen LogP) is 5.31. The van der Waals surface area contributed by atoms with Gasteiger partial charge in [-0.25, -0.2) is 4.79 Å². The van der Waals surface area contributed by atoms with Crippen LogP contribution >= 0.6 is 11.3 Å². The molecule has 1 heterocycles. The van der Waals surface area contributed by atoms with Crippen molar-refractivity contribution in [2.75, 3.05) is 4.90 Å². The summed E-state index contributed by atoms with van der Waals surface area (Å²) in [5, 5.41) is 9.67. The van der Waals surface area contributed by atoms with Gasteiger partial charge in [0.15, 0.2) is 0 Å². The van der Waals surface area contributed by atoms with Crippen molar-refractivity contribution in [1.29, 1.82) is 0 Å². The van der Waals surface area contributed by atoms with Crippen LogP contribution in [0.3, 0.4) is 0 Å². The van der Waals surface area contributed by atoms with Gasteiger partial charge in [0.05, 0.1) is 5.69 Å². The number of amides is 1. The molecule has 1 aliphatic carbocycles. The molecule has 4 nitrogen and oxygen atoms in total. The Morgan fingerprint density at radius 1 is 1.20 bits per heavy atom. The summed E-state index contributed by atoms with van der Waals surface area (Å²) in [6, 6.07) is 1.85. The monoisotopic (exact) mass is 365 g/mol. The van der Waals surface area contributed by atoms with Crippen LogP contribution in [0.15, 0.2) is 6.07 Å². The number of carbonyl (C=O) groups excluding carboxylic acids is 1. The maximum absolute atomic E-state index is 13.2. The zero-order chi connectivity index (χ0) is 18.9. The highest BCUT2D eigenvalue weighted by Crippen LogP contribution is 2.39. The van der Waals surface area contributed by atoms with E-state index in [4.69, 9.17) is 0 Å². The molecule has 0 spiro atoms. The molecule has 1 amide bonds. The Morgan fingerprint density at radius 2 is 1.76 bits per heavy atom. The molecular formula is C20H31NO3S. The van der Waals surface area contributed by atoms with Crippen molar-refractivity contribution in [3.05, 3.63) is 15.8 Å². The van der Waals surface area contributed by atoms with Gasteiger partial charge in [0, 0.05) is 16.8 Å². The molecule has 0 aliphatic heterocycles. The summed E-state index contributed by atoms with van der Waals surface area (Å²) in [6.45, 7) is 12.4. The van der Waals surface area contributed by atoms with Gasteiger partial charge in [0.2, 0.25) is 5.91 Å². The van der Waals surface area contributed by atoms with E-state index in [1.165, 1.54) is 11.3 Å². The lowest BCUT2D eigenvalue weighted by Gasteiger charge is -2.33. The zero-order valence-corrected chi connectivity index (χ0v) is 17.1. The van der Waals surface area contributed by atoms with E-state index in [0.29, 0.717) is 11.6 Å². The number of rotatable bonds is 4. The van der Waals surface area contributed by atoms with E-state index < -0.39 is 5.97 Å². The van der Waals surface area contributed by atoms with Crippen molar-refractivity contribution in [2.45, 2.75) is 78.7 Å². The number of hydrogen-bond acceptors (Lipinski definition) is 3. The number of carboxylic acids is 1. The highest BCUT2D eigenvalue weighted by atomic mass is 32.1. The SMILES string of the molecule is CC(C)N(c1cc(C(C)(C)C)sc1C(=O)O)C(=O)[C@H]1CC[C@H](C)CC1. The van der Waals surface area contributed by atoms with Gasteiger partial charge in [-0.1, -0.05) is 27.7 Å². The van der Waals surface area contributed by atoms with Crippen molar-refractivity contribution < 1.29 is 14.7 Å². The lowest BCUT2D eigenvalue weighted by atomic mass is 9.82. The molecule has 1 fully saturated rings. The molecule has 2 rings (SSSR count). The Kier molecular flexibility index (Phi) is 5.97. The Morgan fingerprint density at radius 3 is 2.20 bits per heavy atom. The molecule has 1 aliphatic rings. The third kappa shape index (κ3) is 4.43. The van der Waals surface area contributed by atoms with Crippen LogP contribution < -0.4 is 4.90 Å². The number of carboxylic acid groups (broad SMARTS) is 1. The summed E-state index contributed by atoms with van der Waals surface area (Å²) in [4.78, 5) is 28.0. The van der Waals surface area contributed by atoms with Crippen molar-refractivity contribution in [3.63, 3.8) is 0 Å². The first kappa shape index (κ1) is 20.0. The van der Waals surface area contributed by atoms with Crippen molar-refractivity contribution >= 4 is 28.9 Å².